The minimum atomic E-state index is -3.83. The van der Waals surface area contributed by atoms with Crippen LogP contribution in [0.15, 0.2) is 51.8 Å². The van der Waals surface area contributed by atoms with Gasteiger partial charge in [0.15, 0.2) is 5.16 Å². The molecule has 0 spiro atoms. The number of primary sulfonamides is 1. The molecular weight excluding hydrogens is 442 g/mol. The van der Waals surface area contributed by atoms with Crippen molar-refractivity contribution >= 4 is 44.7 Å². The normalized spacial score (nSPS) is 15.1. The van der Waals surface area contributed by atoms with Crippen LogP contribution in [0.4, 0.5) is 5.69 Å². The van der Waals surface area contributed by atoms with E-state index in [-0.39, 0.29) is 10.8 Å². The van der Waals surface area contributed by atoms with Gasteiger partial charge in [-0.25, -0.2) is 13.6 Å². The standard InChI is InChI=1S/C19H21N5O3S3/c1-12(18(25)21-13-4-2-6-16(10-13)30(20,26)27)29-19-23-22-17(24(19)14-7-8-14)11-15-5-3-9-28-15/h2-6,9-10,12,14H,7-8,11H2,1H3,(H,21,25)(H2,20,26,27). The molecule has 2 heterocycles. The number of nitrogens with one attached hydrogen (secondary N) is 1. The Hall–Kier alpha value is -2.21. The summed E-state index contributed by atoms with van der Waals surface area (Å²) in [5.74, 6) is 0.660. The van der Waals surface area contributed by atoms with Crippen LogP contribution in [-0.2, 0) is 21.2 Å². The highest BCUT2D eigenvalue weighted by atomic mass is 32.2. The number of hydrogen-bond donors (Lipinski definition) is 2. The number of amides is 1. The number of thioether (sulfide) groups is 1. The second-order valence-corrected chi connectivity index (χ2v) is 11.0. The number of thiophene rings is 1. The fourth-order valence-electron chi connectivity index (χ4n) is 2.98. The number of anilines is 1. The molecule has 1 saturated carbocycles. The first-order valence-corrected chi connectivity index (χ1v) is 12.7. The summed E-state index contributed by atoms with van der Waals surface area (Å²) in [5.41, 5.74) is 0.376. The number of benzene rings is 1. The SMILES string of the molecule is CC(Sc1nnc(Cc2cccs2)n1C1CC1)C(=O)Nc1cccc(S(N)(=O)=O)c1. The predicted molar refractivity (Wildman–Crippen MR) is 117 cm³/mol. The summed E-state index contributed by atoms with van der Waals surface area (Å²) >= 11 is 3.03. The van der Waals surface area contributed by atoms with Crippen molar-refractivity contribution < 1.29 is 13.2 Å². The lowest BCUT2D eigenvalue weighted by Gasteiger charge is -2.13. The Bertz CT molecular complexity index is 1150. The lowest BCUT2D eigenvalue weighted by Crippen LogP contribution is -2.23. The van der Waals surface area contributed by atoms with E-state index < -0.39 is 15.3 Å². The summed E-state index contributed by atoms with van der Waals surface area (Å²) in [6.07, 6.45) is 2.90. The Morgan fingerprint density at radius 3 is 2.80 bits per heavy atom. The summed E-state index contributed by atoms with van der Waals surface area (Å²) in [4.78, 5) is 13.8. The zero-order valence-corrected chi connectivity index (χ0v) is 18.6. The molecule has 1 aliphatic rings. The maximum absolute atomic E-state index is 12.7. The van der Waals surface area contributed by atoms with Gasteiger partial charge in [-0.2, -0.15) is 0 Å². The zero-order valence-electron chi connectivity index (χ0n) is 16.2. The van der Waals surface area contributed by atoms with Gasteiger partial charge in [0.05, 0.1) is 10.1 Å². The molecule has 4 rings (SSSR count). The van der Waals surface area contributed by atoms with E-state index in [0.717, 1.165) is 30.2 Å². The van der Waals surface area contributed by atoms with Gasteiger partial charge in [-0.15, -0.1) is 21.5 Å². The van der Waals surface area contributed by atoms with Crippen molar-refractivity contribution in [2.24, 2.45) is 5.14 Å². The minimum absolute atomic E-state index is 0.0488. The molecular formula is C19H21N5O3S3. The first-order valence-electron chi connectivity index (χ1n) is 9.38. The molecule has 0 radical (unpaired) electrons. The number of carbonyl (C=O) groups excluding carboxylic acids is 1. The van der Waals surface area contributed by atoms with Gasteiger partial charge in [0.25, 0.3) is 0 Å². The van der Waals surface area contributed by atoms with Crippen molar-refractivity contribution in [3.05, 3.63) is 52.5 Å². The third kappa shape index (κ3) is 4.91. The number of sulfonamides is 1. The Balaban J connectivity index is 1.47. The van der Waals surface area contributed by atoms with Crippen LogP contribution < -0.4 is 10.5 Å². The number of aromatic nitrogens is 3. The smallest absolute Gasteiger partial charge is 0.238 e. The molecule has 1 fully saturated rings. The molecule has 1 amide bonds. The van der Waals surface area contributed by atoms with Crippen LogP contribution in [0.2, 0.25) is 0 Å². The summed E-state index contributed by atoms with van der Waals surface area (Å²) in [5, 5.41) is 18.9. The van der Waals surface area contributed by atoms with Crippen LogP contribution in [0.25, 0.3) is 0 Å². The van der Waals surface area contributed by atoms with Crippen LogP contribution in [0.5, 0.6) is 0 Å². The molecule has 3 N–H and O–H groups in total. The topological polar surface area (TPSA) is 120 Å². The van der Waals surface area contributed by atoms with Crippen LogP contribution in [-0.4, -0.2) is 34.3 Å². The van der Waals surface area contributed by atoms with Crippen molar-refractivity contribution in [1.82, 2.24) is 14.8 Å². The van der Waals surface area contributed by atoms with Crippen LogP contribution in [0, 0.1) is 0 Å². The lowest BCUT2D eigenvalue weighted by atomic mass is 10.3. The summed E-state index contributed by atoms with van der Waals surface area (Å²) in [7, 11) is -3.83. The summed E-state index contributed by atoms with van der Waals surface area (Å²) in [6.45, 7) is 1.79. The van der Waals surface area contributed by atoms with Crippen LogP contribution in [0.3, 0.4) is 0 Å². The third-order valence-electron chi connectivity index (χ3n) is 4.64. The van der Waals surface area contributed by atoms with E-state index in [1.165, 1.54) is 34.8 Å². The number of hydrogen-bond acceptors (Lipinski definition) is 7. The average molecular weight is 464 g/mol. The quantitative estimate of drug-likeness (QED) is 0.496. The fourth-order valence-corrected chi connectivity index (χ4v) is 5.18. The number of rotatable bonds is 8. The van der Waals surface area contributed by atoms with Crippen molar-refractivity contribution in [3.63, 3.8) is 0 Å². The van der Waals surface area contributed by atoms with Crippen LogP contribution in [0.1, 0.15) is 36.5 Å². The first-order chi connectivity index (χ1) is 14.3. The van der Waals surface area contributed by atoms with E-state index in [9.17, 15) is 13.2 Å². The number of nitrogens with zero attached hydrogens (tertiary/aromatic N) is 3. The summed E-state index contributed by atoms with van der Waals surface area (Å²) < 4.78 is 25.2. The van der Waals surface area contributed by atoms with Gasteiger partial charge in [0.2, 0.25) is 15.9 Å². The highest BCUT2D eigenvalue weighted by Crippen LogP contribution is 2.40. The molecule has 1 unspecified atom stereocenters. The third-order valence-corrected chi connectivity index (χ3v) is 7.49. The van der Waals surface area contributed by atoms with E-state index >= 15 is 0 Å². The molecule has 2 aromatic heterocycles. The van der Waals surface area contributed by atoms with E-state index in [2.05, 4.69) is 26.1 Å². The Morgan fingerprint density at radius 1 is 1.33 bits per heavy atom. The van der Waals surface area contributed by atoms with Crippen molar-refractivity contribution in [2.45, 2.75) is 47.5 Å². The summed E-state index contributed by atoms with van der Waals surface area (Å²) in [6, 6.07) is 10.4. The largest absolute Gasteiger partial charge is 0.325 e. The van der Waals surface area contributed by atoms with E-state index in [1.807, 2.05) is 11.4 Å². The van der Waals surface area contributed by atoms with E-state index in [0.29, 0.717) is 11.7 Å². The average Bonchev–Trinajstić information content (AvgIpc) is 3.25. The molecule has 8 nitrogen and oxygen atoms in total. The Kier molecular flexibility index (Phi) is 5.96. The Morgan fingerprint density at radius 2 is 2.13 bits per heavy atom. The molecule has 3 aromatic rings. The zero-order chi connectivity index (χ0) is 21.3. The second kappa shape index (κ2) is 8.50. The molecule has 0 bridgehead atoms. The molecule has 11 heteroatoms. The van der Waals surface area contributed by atoms with Gasteiger partial charge in [0.1, 0.15) is 5.82 Å². The van der Waals surface area contributed by atoms with Crippen molar-refractivity contribution in [3.8, 4) is 0 Å². The van der Waals surface area contributed by atoms with E-state index in [1.54, 1.807) is 24.3 Å². The fraction of sp³-hybridized carbons (Fsp3) is 0.316. The van der Waals surface area contributed by atoms with Gasteiger partial charge in [-0.05, 0) is 49.4 Å². The maximum atomic E-state index is 12.7. The first kappa shape index (κ1) is 21.0. The van der Waals surface area contributed by atoms with Crippen molar-refractivity contribution in [1.29, 1.82) is 0 Å². The van der Waals surface area contributed by atoms with Gasteiger partial charge in [-0.1, -0.05) is 23.9 Å². The number of carbonyl (C=O) groups is 1. The lowest BCUT2D eigenvalue weighted by molar-refractivity contribution is -0.115. The second-order valence-electron chi connectivity index (χ2n) is 7.08. The Labute approximate surface area is 182 Å². The molecule has 1 aromatic carbocycles. The van der Waals surface area contributed by atoms with E-state index in [4.69, 9.17) is 5.14 Å². The molecule has 0 saturated heterocycles. The van der Waals surface area contributed by atoms with Crippen LogP contribution >= 0.6 is 23.1 Å². The molecule has 1 aliphatic carbocycles. The number of nitrogens with two attached hydrogens (primary N) is 1. The monoisotopic (exact) mass is 463 g/mol. The van der Waals surface area contributed by atoms with Gasteiger partial charge in [-0.3, -0.25) is 4.79 Å². The highest BCUT2D eigenvalue weighted by Gasteiger charge is 2.31. The molecule has 1 atom stereocenters. The van der Waals surface area contributed by atoms with Crippen molar-refractivity contribution in [2.75, 3.05) is 5.32 Å². The van der Waals surface area contributed by atoms with Gasteiger partial charge < -0.3 is 9.88 Å². The minimum Gasteiger partial charge on any atom is -0.325 e. The van der Waals surface area contributed by atoms with Gasteiger partial charge in [0, 0.05) is 23.0 Å². The molecule has 30 heavy (non-hydrogen) atoms. The molecule has 158 valence electrons. The maximum Gasteiger partial charge on any atom is 0.238 e. The van der Waals surface area contributed by atoms with Gasteiger partial charge >= 0.3 is 0 Å². The molecule has 0 aliphatic heterocycles. The predicted octanol–water partition coefficient (Wildman–Crippen LogP) is 3.03. The highest BCUT2D eigenvalue weighted by molar-refractivity contribution is 8.00.